The molecule has 0 atom stereocenters. The summed E-state index contributed by atoms with van der Waals surface area (Å²) in [6.07, 6.45) is 2.70. The molecule has 0 aliphatic carbocycles. The highest BCUT2D eigenvalue weighted by atomic mass is 16.3. The van der Waals surface area contributed by atoms with E-state index in [0.29, 0.717) is 13.1 Å². The van der Waals surface area contributed by atoms with Crippen molar-refractivity contribution >= 4 is 5.91 Å². The average molecular weight is 257 g/mol. The average Bonchev–Trinajstić information content (AvgIpc) is 2.46. The van der Waals surface area contributed by atoms with E-state index in [1.807, 2.05) is 24.3 Å². The molecule has 0 bridgehead atoms. The zero-order valence-corrected chi connectivity index (χ0v) is 10.3. The van der Waals surface area contributed by atoms with Crippen LogP contribution < -0.4 is 11.1 Å². The van der Waals surface area contributed by atoms with Gasteiger partial charge in [-0.1, -0.05) is 24.3 Å². The van der Waals surface area contributed by atoms with Gasteiger partial charge in [0.05, 0.1) is 11.8 Å². The lowest BCUT2D eigenvalue weighted by atomic mass is 10.1. The molecule has 1 heterocycles. The molecule has 0 radical (unpaired) electrons. The Balaban J connectivity index is 1.98. The Bertz CT molecular complexity index is 567. The van der Waals surface area contributed by atoms with Crippen LogP contribution in [0.4, 0.5) is 0 Å². The van der Waals surface area contributed by atoms with Crippen molar-refractivity contribution in [3.63, 3.8) is 0 Å². The van der Waals surface area contributed by atoms with E-state index in [4.69, 9.17) is 5.73 Å². The van der Waals surface area contributed by atoms with Crippen LogP contribution in [0.3, 0.4) is 0 Å². The number of nitrogens with one attached hydrogen (secondary N) is 1. The Morgan fingerprint density at radius 3 is 2.53 bits per heavy atom. The largest absolute Gasteiger partial charge is 0.505 e. The van der Waals surface area contributed by atoms with Gasteiger partial charge in [0.1, 0.15) is 5.75 Å². The highest BCUT2D eigenvalue weighted by Gasteiger charge is 2.09. The lowest BCUT2D eigenvalue weighted by molar-refractivity contribution is 0.0948. The number of amides is 1. The molecule has 0 aliphatic heterocycles. The second-order valence-corrected chi connectivity index (χ2v) is 4.10. The predicted octanol–water partition coefficient (Wildman–Crippen LogP) is 1.18. The highest BCUT2D eigenvalue weighted by Crippen LogP contribution is 2.13. The minimum atomic E-state index is -0.331. The maximum absolute atomic E-state index is 11.8. The van der Waals surface area contributed by atoms with Crippen molar-refractivity contribution in [2.75, 3.05) is 0 Å². The van der Waals surface area contributed by atoms with E-state index >= 15 is 0 Å². The van der Waals surface area contributed by atoms with Gasteiger partial charge in [0.2, 0.25) is 0 Å². The normalized spacial score (nSPS) is 10.2. The van der Waals surface area contributed by atoms with E-state index in [0.717, 1.165) is 11.1 Å². The Morgan fingerprint density at radius 1 is 1.21 bits per heavy atom. The van der Waals surface area contributed by atoms with E-state index in [1.54, 1.807) is 0 Å². The number of nitrogens with two attached hydrogens (primary N) is 1. The molecule has 0 spiro atoms. The molecular weight excluding hydrogens is 242 g/mol. The van der Waals surface area contributed by atoms with Crippen LogP contribution >= 0.6 is 0 Å². The summed E-state index contributed by atoms with van der Waals surface area (Å²) in [5.74, 6) is -0.457. The fraction of sp³-hybridized carbons (Fsp3) is 0.143. The number of aromatic nitrogens is 1. The van der Waals surface area contributed by atoms with Crippen LogP contribution in [0.5, 0.6) is 5.75 Å². The second-order valence-electron chi connectivity index (χ2n) is 4.10. The fourth-order valence-corrected chi connectivity index (χ4v) is 1.65. The van der Waals surface area contributed by atoms with Crippen LogP contribution in [0.25, 0.3) is 0 Å². The fourth-order valence-electron chi connectivity index (χ4n) is 1.65. The molecule has 1 aromatic heterocycles. The quantitative estimate of drug-likeness (QED) is 0.767. The molecule has 0 saturated heterocycles. The summed E-state index contributed by atoms with van der Waals surface area (Å²) in [6.45, 7) is 0.892. The summed E-state index contributed by atoms with van der Waals surface area (Å²) in [6, 6.07) is 9.14. The van der Waals surface area contributed by atoms with Crippen molar-refractivity contribution < 1.29 is 9.90 Å². The van der Waals surface area contributed by atoms with E-state index in [9.17, 15) is 9.90 Å². The second kappa shape index (κ2) is 5.97. The minimum Gasteiger partial charge on any atom is -0.505 e. The van der Waals surface area contributed by atoms with Crippen LogP contribution in [-0.2, 0) is 13.1 Å². The van der Waals surface area contributed by atoms with Gasteiger partial charge in [-0.25, -0.2) is 0 Å². The van der Waals surface area contributed by atoms with Crippen molar-refractivity contribution in [2.24, 2.45) is 5.73 Å². The van der Waals surface area contributed by atoms with E-state index in [-0.39, 0.29) is 17.2 Å². The van der Waals surface area contributed by atoms with Crippen molar-refractivity contribution in [3.05, 3.63) is 59.4 Å². The van der Waals surface area contributed by atoms with Crippen LogP contribution in [0.2, 0.25) is 0 Å². The molecule has 2 aromatic rings. The molecule has 4 N–H and O–H groups in total. The van der Waals surface area contributed by atoms with Crippen LogP contribution in [0.1, 0.15) is 21.5 Å². The molecular formula is C14H15N3O2. The number of carbonyl (C=O) groups is 1. The first-order valence-corrected chi connectivity index (χ1v) is 5.90. The Kier molecular flexibility index (Phi) is 4.10. The molecule has 0 unspecified atom stereocenters. The number of carbonyl (C=O) groups excluding carboxylic acids is 1. The maximum atomic E-state index is 11.8. The molecule has 0 fully saturated rings. The third kappa shape index (κ3) is 3.29. The summed E-state index contributed by atoms with van der Waals surface area (Å²) < 4.78 is 0. The zero-order chi connectivity index (χ0) is 13.7. The molecule has 5 nitrogen and oxygen atoms in total. The predicted molar refractivity (Wildman–Crippen MR) is 71.4 cm³/mol. The number of rotatable bonds is 4. The van der Waals surface area contributed by atoms with Gasteiger partial charge in [-0.05, 0) is 17.2 Å². The zero-order valence-electron chi connectivity index (χ0n) is 10.3. The van der Waals surface area contributed by atoms with Crippen molar-refractivity contribution in [3.8, 4) is 5.75 Å². The summed E-state index contributed by atoms with van der Waals surface area (Å²) >= 11 is 0. The van der Waals surface area contributed by atoms with Crippen LogP contribution in [0.15, 0.2) is 42.7 Å². The summed E-state index contributed by atoms with van der Waals surface area (Å²) in [4.78, 5) is 15.6. The molecule has 1 aromatic carbocycles. The first kappa shape index (κ1) is 13.0. The number of hydrogen-bond acceptors (Lipinski definition) is 4. The van der Waals surface area contributed by atoms with Gasteiger partial charge in [-0.2, -0.15) is 0 Å². The number of pyridine rings is 1. The molecule has 2 rings (SSSR count). The van der Waals surface area contributed by atoms with Gasteiger partial charge in [0.15, 0.2) is 0 Å². The number of hydrogen-bond donors (Lipinski definition) is 3. The maximum Gasteiger partial charge on any atom is 0.255 e. The van der Waals surface area contributed by atoms with Crippen molar-refractivity contribution in [1.82, 2.24) is 10.3 Å². The first-order valence-electron chi connectivity index (χ1n) is 5.90. The Hall–Kier alpha value is -2.40. The van der Waals surface area contributed by atoms with Gasteiger partial charge in [-0.3, -0.25) is 9.78 Å². The Labute approximate surface area is 111 Å². The Morgan fingerprint density at radius 2 is 1.89 bits per heavy atom. The van der Waals surface area contributed by atoms with Crippen LogP contribution in [0, 0.1) is 0 Å². The monoisotopic (exact) mass is 257 g/mol. The molecule has 5 heteroatoms. The van der Waals surface area contributed by atoms with Gasteiger partial charge in [-0.15, -0.1) is 0 Å². The number of benzene rings is 1. The summed E-state index contributed by atoms with van der Waals surface area (Å²) in [5, 5.41) is 12.2. The third-order valence-corrected chi connectivity index (χ3v) is 2.76. The van der Waals surface area contributed by atoms with E-state index in [2.05, 4.69) is 10.3 Å². The SMILES string of the molecule is NCc1ccc(CNC(=O)c2ccncc2O)cc1. The first-order chi connectivity index (χ1) is 9.20. The van der Waals surface area contributed by atoms with Gasteiger partial charge in [0, 0.05) is 19.3 Å². The third-order valence-electron chi connectivity index (χ3n) is 2.76. The standard InChI is InChI=1S/C14H15N3O2/c15-7-10-1-3-11(4-2-10)8-17-14(19)12-5-6-16-9-13(12)18/h1-6,9,18H,7-8,15H2,(H,17,19). The molecule has 1 amide bonds. The van der Waals surface area contributed by atoms with Crippen LogP contribution in [-0.4, -0.2) is 16.0 Å². The topological polar surface area (TPSA) is 88.2 Å². The highest BCUT2D eigenvalue weighted by molar-refractivity contribution is 5.96. The van der Waals surface area contributed by atoms with Crippen molar-refractivity contribution in [1.29, 1.82) is 0 Å². The smallest absolute Gasteiger partial charge is 0.255 e. The lowest BCUT2D eigenvalue weighted by Gasteiger charge is -2.07. The molecule has 0 aliphatic rings. The van der Waals surface area contributed by atoms with Crippen molar-refractivity contribution in [2.45, 2.75) is 13.1 Å². The molecule has 19 heavy (non-hydrogen) atoms. The molecule has 98 valence electrons. The summed E-state index contributed by atoms with van der Waals surface area (Å²) in [5.41, 5.74) is 7.74. The minimum absolute atomic E-state index is 0.126. The number of nitrogens with zero attached hydrogens (tertiary/aromatic N) is 1. The van der Waals surface area contributed by atoms with E-state index < -0.39 is 0 Å². The summed E-state index contributed by atoms with van der Waals surface area (Å²) in [7, 11) is 0. The van der Waals surface area contributed by atoms with Gasteiger partial charge >= 0.3 is 0 Å². The van der Waals surface area contributed by atoms with E-state index in [1.165, 1.54) is 18.5 Å². The van der Waals surface area contributed by atoms with Gasteiger partial charge in [0.25, 0.3) is 5.91 Å². The molecule has 0 saturated carbocycles. The number of aromatic hydroxyl groups is 1. The lowest BCUT2D eigenvalue weighted by Crippen LogP contribution is -2.22. The van der Waals surface area contributed by atoms with Gasteiger partial charge < -0.3 is 16.2 Å².